The lowest BCUT2D eigenvalue weighted by Gasteiger charge is -2.18. The van der Waals surface area contributed by atoms with E-state index in [0.29, 0.717) is 19.3 Å². The Morgan fingerprint density at radius 3 is 1.05 bits per heavy atom. The summed E-state index contributed by atoms with van der Waals surface area (Å²) in [5.74, 6) is -1.02. The Balaban J connectivity index is 4.53. The fraction of sp³-hybridized carbons (Fsp3) is 0.638. The molecule has 0 fully saturated rings. The van der Waals surface area contributed by atoms with Crippen LogP contribution in [0.1, 0.15) is 220 Å². The van der Waals surface area contributed by atoms with Crippen LogP contribution in [0.2, 0.25) is 0 Å². The Hall–Kier alpha value is -3.93. The third-order valence-corrected chi connectivity index (χ3v) is 10.5. The molecule has 1 unspecified atom stereocenters. The van der Waals surface area contributed by atoms with Crippen molar-refractivity contribution in [2.24, 2.45) is 0 Å². The van der Waals surface area contributed by atoms with Gasteiger partial charge in [0.05, 0.1) is 0 Å². The summed E-state index contributed by atoms with van der Waals surface area (Å²) in [5.41, 5.74) is 0. The largest absolute Gasteiger partial charge is 0.462 e. The van der Waals surface area contributed by atoms with E-state index in [1.165, 1.54) is 57.8 Å². The lowest BCUT2D eigenvalue weighted by atomic mass is 10.0. The zero-order chi connectivity index (χ0) is 46.5. The average Bonchev–Trinajstić information content (AvgIpc) is 3.29. The second kappa shape index (κ2) is 51.7. The highest BCUT2D eigenvalue weighted by molar-refractivity contribution is 5.71. The van der Waals surface area contributed by atoms with Gasteiger partial charge < -0.3 is 14.2 Å². The van der Waals surface area contributed by atoms with Gasteiger partial charge in [-0.05, 0) is 89.9 Å². The third-order valence-electron chi connectivity index (χ3n) is 10.5. The summed E-state index contributed by atoms with van der Waals surface area (Å²) in [5, 5.41) is 0. The molecule has 0 saturated heterocycles. The van der Waals surface area contributed by atoms with Crippen molar-refractivity contribution < 1.29 is 28.6 Å². The maximum Gasteiger partial charge on any atom is 0.306 e. The minimum absolute atomic E-state index is 0.109. The van der Waals surface area contributed by atoms with Crippen molar-refractivity contribution in [3.8, 4) is 0 Å². The number of rotatable bonds is 45. The quantitative estimate of drug-likeness (QED) is 0.0262. The van der Waals surface area contributed by atoms with Gasteiger partial charge in [0.15, 0.2) is 6.10 Å². The molecule has 0 spiro atoms. The van der Waals surface area contributed by atoms with Crippen molar-refractivity contribution in [1.82, 2.24) is 0 Å². The molecule has 0 aromatic carbocycles. The lowest BCUT2D eigenvalue weighted by Crippen LogP contribution is -2.30. The molecule has 6 nitrogen and oxygen atoms in total. The number of hydrogen-bond acceptors (Lipinski definition) is 6. The molecule has 1 atom stereocenters. The molecule has 6 heteroatoms. The Labute approximate surface area is 393 Å². The second-order valence-corrected chi connectivity index (χ2v) is 16.7. The van der Waals surface area contributed by atoms with Crippen LogP contribution in [-0.2, 0) is 28.6 Å². The predicted octanol–water partition coefficient (Wildman–Crippen LogP) is 17.1. The van der Waals surface area contributed by atoms with Gasteiger partial charge in [-0.3, -0.25) is 14.4 Å². The van der Waals surface area contributed by atoms with Gasteiger partial charge in [-0.25, -0.2) is 0 Å². The summed E-state index contributed by atoms with van der Waals surface area (Å²) in [4.78, 5) is 37.9. The highest BCUT2D eigenvalue weighted by atomic mass is 16.6. The van der Waals surface area contributed by atoms with Gasteiger partial charge in [0.25, 0.3) is 0 Å². The van der Waals surface area contributed by atoms with E-state index in [1.54, 1.807) is 0 Å². The van der Waals surface area contributed by atoms with Gasteiger partial charge in [0, 0.05) is 19.3 Å². The number of unbranched alkanes of at least 4 members (excludes halogenated alkanes) is 16. The molecule has 0 N–H and O–H groups in total. The molecule has 0 amide bonds. The monoisotopic (exact) mass is 887 g/mol. The predicted molar refractivity (Wildman–Crippen MR) is 274 cm³/mol. The summed E-state index contributed by atoms with van der Waals surface area (Å²) in [6.07, 6.45) is 69.4. The molecule has 0 aliphatic heterocycles. The normalized spacial score (nSPS) is 13.0. The van der Waals surface area contributed by atoms with Gasteiger partial charge in [-0.2, -0.15) is 0 Å². The van der Waals surface area contributed by atoms with Crippen molar-refractivity contribution in [2.75, 3.05) is 13.2 Å². The standard InChI is InChI=1S/C58H94O6/c1-4-7-10-13-16-19-22-25-27-28-29-30-32-33-36-39-42-45-48-51-57(60)63-54-55(53-62-56(59)50-47-44-41-38-35-24-21-18-15-12-9-6-3)64-58(61)52-49-46-43-40-37-34-31-26-23-20-17-14-11-8-5-2/h7-8,10-11,16-17,19-20,25-27,29-31,33,36,42,45,55H,4-6,9,12-15,18,21-24,28,32,34-35,37-41,43-44,46-54H2,1-3H3/b10-7-,11-8-,19-16-,20-17-,27-25-,30-29-,31-26-,36-33-,45-42-. The van der Waals surface area contributed by atoms with E-state index in [1.807, 2.05) is 12.2 Å². The van der Waals surface area contributed by atoms with Crippen molar-refractivity contribution in [3.05, 3.63) is 109 Å². The van der Waals surface area contributed by atoms with Crippen LogP contribution < -0.4 is 0 Å². The maximum absolute atomic E-state index is 12.8. The first-order valence-electron chi connectivity index (χ1n) is 25.9. The van der Waals surface area contributed by atoms with E-state index < -0.39 is 6.10 Å². The first kappa shape index (κ1) is 60.1. The Morgan fingerprint density at radius 1 is 0.328 bits per heavy atom. The fourth-order valence-electron chi connectivity index (χ4n) is 6.72. The summed E-state index contributed by atoms with van der Waals surface area (Å²) in [7, 11) is 0. The first-order valence-corrected chi connectivity index (χ1v) is 25.9. The average molecular weight is 887 g/mol. The van der Waals surface area contributed by atoms with Crippen LogP contribution in [0.3, 0.4) is 0 Å². The number of ether oxygens (including phenoxy) is 3. The molecular weight excluding hydrogens is 793 g/mol. The van der Waals surface area contributed by atoms with Crippen LogP contribution in [0, 0.1) is 0 Å². The molecule has 0 bridgehead atoms. The minimum Gasteiger partial charge on any atom is -0.462 e. The molecule has 0 radical (unpaired) electrons. The topological polar surface area (TPSA) is 78.9 Å². The number of hydrogen-bond donors (Lipinski definition) is 0. The van der Waals surface area contributed by atoms with Crippen molar-refractivity contribution in [2.45, 2.75) is 226 Å². The molecule has 0 aromatic rings. The zero-order valence-corrected chi connectivity index (χ0v) is 41.3. The molecule has 0 aliphatic carbocycles. The Bertz CT molecular complexity index is 1340. The van der Waals surface area contributed by atoms with E-state index in [9.17, 15) is 14.4 Å². The molecular formula is C58H94O6. The lowest BCUT2D eigenvalue weighted by molar-refractivity contribution is -0.166. The summed E-state index contributed by atoms with van der Waals surface area (Å²) in [6, 6.07) is 0. The van der Waals surface area contributed by atoms with E-state index in [-0.39, 0.29) is 37.5 Å². The first-order chi connectivity index (χ1) is 31.5. The van der Waals surface area contributed by atoms with E-state index in [0.717, 1.165) is 116 Å². The molecule has 0 rings (SSSR count). The number of allylic oxidation sites excluding steroid dienone is 18. The van der Waals surface area contributed by atoms with Crippen LogP contribution in [0.25, 0.3) is 0 Å². The van der Waals surface area contributed by atoms with E-state index >= 15 is 0 Å². The zero-order valence-electron chi connectivity index (χ0n) is 41.3. The van der Waals surface area contributed by atoms with E-state index in [4.69, 9.17) is 14.2 Å². The summed E-state index contributed by atoms with van der Waals surface area (Å²) < 4.78 is 16.7. The number of carbonyl (C=O) groups excluding carboxylic acids is 3. The SMILES string of the molecule is CC/C=C\C/C=C\C/C=C\C/C=C\C/C=C\C/C=C\CCC(=O)OCC(COC(=O)CCCCCCCCCCCCCC)OC(=O)CCCCCCC/C=C\C/C=C\C/C=C\CC. The molecule has 64 heavy (non-hydrogen) atoms. The molecule has 0 saturated carbocycles. The molecule has 362 valence electrons. The van der Waals surface area contributed by atoms with Crippen LogP contribution in [-0.4, -0.2) is 37.2 Å². The van der Waals surface area contributed by atoms with Crippen molar-refractivity contribution in [1.29, 1.82) is 0 Å². The Kier molecular flexibility index (Phi) is 48.5. The fourth-order valence-corrected chi connectivity index (χ4v) is 6.72. The van der Waals surface area contributed by atoms with Gasteiger partial charge >= 0.3 is 17.9 Å². The van der Waals surface area contributed by atoms with Gasteiger partial charge in [0.2, 0.25) is 0 Å². The summed E-state index contributed by atoms with van der Waals surface area (Å²) >= 11 is 0. The van der Waals surface area contributed by atoms with Crippen LogP contribution >= 0.6 is 0 Å². The van der Waals surface area contributed by atoms with Gasteiger partial charge in [0.1, 0.15) is 13.2 Å². The van der Waals surface area contributed by atoms with Crippen molar-refractivity contribution in [3.63, 3.8) is 0 Å². The molecule has 0 aliphatic rings. The second-order valence-electron chi connectivity index (χ2n) is 16.7. The highest BCUT2D eigenvalue weighted by Crippen LogP contribution is 2.14. The Morgan fingerprint density at radius 2 is 0.641 bits per heavy atom. The number of esters is 3. The van der Waals surface area contributed by atoms with Crippen LogP contribution in [0.4, 0.5) is 0 Å². The van der Waals surface area contributed by atoms with Gasteiger partial charge in [-0.15, -0.1) is 0 Å². The maximum atomic E-state index is 12.8. The van der Waals surface area contributed by atoms with E-state index in [2.05, 4.69) is 118 Å². The summed E-state index contributed by atoms with van der Waals surface area (Å²) in [6.45, 7) is 6.32. The van der Waals surface area contributed by atoms with Crippen molar-refractivity contribution >= 4 is 17.9 Å². The highest BCUT2D eigenvalue weighted by Gasteiger charge is 2.19. The molecule has 0 aromatic heterocycles. The van der Waals surface area contributed by atoms with Crippen LogP contribution in [0.15, 0.2) is 109 Å². The van der Waals surface area contributed by atoms with Crippen LogP contribution in [0.5, 0.6) is 0 Å². The third kappa shape index (κ3) is 49.1. The van der Waals surface area contributed by atoms with Gasteiger partial charge in [-0.1, -0.05) is 220 Å². The minimum atomic E-state index is -0.817. The smallest absolute Gasteiger partial charge is 0.306 e. The molecule has 0 heterocycles. The number of carbonyl (C=O) groups is 3.